The van der Waals surface area contributed by atoms with Gasteiger partial charge in [0.1, 0.15) is 5.82 Å². The van der Waals surface area contributed by atoms with Gasteiger partial charge in [-0.3, -0.25) is 9.69 Å². The van der Waals surface area contributed by atoms with E-state index in [0.29, 0.717) is 12.2 Å². The maximum atomic E-state index is 12.9. The Labute approximate surface area is 146 Å². The minimum atomic E-state index is -0.967. The average molecular weight is 344 g/mol. The van der Waals surface area contributed by atoms with E-state index < -0.39 is 5.97 Å². The van der Waals surface area contributed by atoms with E-state index in [9.17, 15) is 14.0 Å². The molecule has 0 saturated carbocycles. The van der Waals surface area contributed by atoms with Crippen LogP contribution in [0, 0.1) is 5.82 Å². The van der Waals surface area contributed by atoms with Crippen LogP contribution >= 0.6 is 0 Å². The first-order valence-corrected chi connectivity index (χ1v) is 7.97. The van der Waals surface area contributed by atoms with Crippen LogP contribution in [-0.4, -0.2) is 34.5 Å². The Morgan fingerprint density at radius 3 is 2.20 bits per heavy atom. The summed E-state index contributed by atoms with van der Waals surface area (Å²) in [7, 11) is 0. The number of carbonyl (C=O) groups excluding carboxylic acids is 1. The van der Waals surface area contributed by atoms with Crippen molar-refractivity contribution in [2.75, 3.05) is 11.9 Å². The highest BCUT2D eigenvalue weighted by molar-refractivity contribution is 5.92. The molecule has 0 spiro atoms. The minimum Gasteiger partial charge on any atom is -0.478 e. The smallest absolute Gasteiger partial charge is 0.335 e. The van der Waals surface area contributed by atoms with Crippen LogP contribution in [-0.2, 0) is 11.3 Å². The third-order valence-electron chi connectivity index (χ3n) is 3.79. The number of rotatable bonds is 7. The van der Waals surface area contributed by atoms with Crippen molar-refractivity contribution >= 4 is 17.6 Å². The zero-order chi connectivity index (χ0) is 18.4. The molecule has 2 aromatic rings. The summed E-state index contributed by atoms with van der Waals surface area (Å²) in [6.45, 7) is 4.66. The molecule has 0 radical (unpaired) electrons. The summed E-state index contributed by atoms with van der Waals surface area (Å²) in [5.41, 5.74) is 1.70. The number of carboxylic acid groups (broad SMARTS) is 1. The summed E-state index contributed by atoms with van der Waals surface area (Å²) in [6, 6.07) is 12.3. The minimum absolute atomic E-state index is 0.123. The molecule has 25 heavy (non-hydrogen) atoms. The SMILES string of the molecule is CC(C)N(CC(=O)Nc1ccc(F)cc1)Cc1ccc(C(=O)O)cc1. The molecule has 2 N–H and O–H groups in total. The molecule has 5 nitrogen and oxygen atoms in total. The fourth-order valence-corrected chi connectivity index (χ4v) is 2.33. The molecule has 0 saturated heterocycles. The lowest BCUT2D eigenvalue weighted by Gasteiger charge is -2.26. The first-order chi connectivity index (χ1) is 11.8. The molecule has 0 bridgehead atoms. The van der Waals surface area contributed by atoms with Gasteiger partial charge in [-0.1, -0.05) is 12.1 Å². The summed E-state index contributed by atoms with van der Waals surface area (Å²) in [5.74, 6) is -1.51. The van der Waals surface area contributed by atoms with Crippen molar-refractivity contribution in [2.24, 2.45) is 0 Å². The number of carboxylic acids is 1. The van der Waals surface area contributed by atoms with Crippen LogP contribution in [0.25, 0.3) is 0 Å². The number of nitrogens with one attached hydrogen (secondary N) is 1. The van der Waals surface area contributed by atoms with Crippen LogP contribution in [0.3, 0.4) is 0 Å². The monoisotopic (exact) mass is 344 g/mol. The first-order valence-electron chi connectivity index (χ1n) is 7.97. The summed E-state index contributed by atoms with van der Waals surface area (Å²) in [5, 5.41) is 11.7. The maximum absolute atomic E-state index is 12.9. The van der Waals surface area contributed by atoms with Crippen LogP contribution in [0.2, 0.25) is 0 Å². The fourth-order valence-electron chi connectivity index (χ4n) is 2.33. The Morgan fingerprint density at radius 1 is 1.08 bits per heavy atom. The van der Waals surface area contributed by atoms with E-state index in [-0.39, 0.29) is 29.9 Å². The largest absolute Gasteiger partial charge is 0.478 e. The van der Waals surface area contributed by atoms with Gasteiger partial charge in [-0.05, 0) is 55.8 Å². The molecule has 132 valence electrons. The molecular weight excluding hydrogens is 323 g/mol. The number of nitrogens with zero attached hydrogens (tertiary/aromatic N) is 1. The number of hydrogen-bond acceptors (Lipinski definition) is 3. The molecule has 0 aliphatic heterocycles. The van der Waals surface area contributed by atoms with Crippen molar-refractivity contribution in [1.82, 2.24) is 4.90 Å². The zero-order valence-electron chi connectivity index (χ0n) is 14.2. The van der Waals surface area contributed by atoms with Crippen molar-refractivity contribution < 1.29 is 19.1 Å². The van der Waals surface area contributed by atoms with Crippen LogP contribution in [0.1, 0.15) is 29.8 Å². The number of benzene rings is 2. The number of amides is 1. The number of anilines is 1. The standard InChI is InChI=1S/C19H21FN2O3/c1-13(2)22(11-14-3-5-15(6-4-14)19(24)25)12-18(23)21-17-9-7-16(20)8-10-17/h3-10,13H,11-12H2,1-2H3,(H,21,23)(H,24,25). The van der Waals surface area contributed by atoms with Gasteiger partial charge < -0.3 is 10.4 Å². The molecular formula is C19H21FN2O3. The number of hydrogen-bond donors (Lipinski definition) is 2. The lowest BCUT2D eigenvalue weighted by Crippen LogP contribution is -2.37. The van der Waals surface area contributed by atoms with Crippen molar-refractivity contribution in [1.29, 1.82) is 0 Å². The Hall–Kier alpha value is -2.73. The molecule has 0 fully saturated rings. The first kappa shape index (κ1) is 18.6. The molecule has 0 heterocycles. The van der Waals surface area contributed by atoms with E-state index in [4.69, 9.17) is 5.11 Å². The van der Waals surface area contributed by atoms with E-state index in [1.807, 2.05) is 18.7 Å². The van der Waals surface area contributed by atoms with Gasteiger partial charge in [0.2, 0.25) is 5.91 Å². The molecule has 0 aliphatic rings. The van der Waals surface area contributed by atoms with Gasteiger partial charge in [-0.2, -0.15) is 0 Å². The summed E-state index contributed by atoms with van der Waals surface area (Å²) in [4.78, 5) is 25.1. The van der Waals surface area contributed by atoms with Gasteiger partial charge in [0.25, 0.3) is 0 Å². The summed E-state index contributed by atoms with van der Waals surface area (Å²) >= 11 is 0. The van der Waals surface area contributed by atoms with E-state index in [1.54, 1.807) is 24.3 Å². The average Bonchev–Trinajstić information content (AvgIpc) is 2.56. The van der Waals surface area contributed by atoms with Crippen LogP contribution in [0.4, 0.5) is 10.1 Å². The van der Waals surface area contributed by atoms with Crippen molar-refractivity contribution in [3.05, 3.63) is 65.5 Å². The van der Waals surface area contributed by atoms with E-state index in [2.05, 4.69) is 5.32 Å². The Kier molecular flexibility index (Phi) is 6.25. The summed E-state index contributed by atoms with van der Waals surface area (Å²) < 4.78 is 12.9. The molecule has 0 atom stereocenters. The molecule has 0 aromatic heterocycles. The van der Waals surface area contributed by atoms with Crippen molar-refractivity contribution in [3.8, 4) is 0 Å². The van der Waals surface area contributed by atoms with Gasteiger partial charge in [0, 0.05) is 18.3 Å². The highest BCUT2D eigenvalue weighted by atomic mass is 19.1. The Bertz CT molecular complexity index is 727. The molecule has 0 unspecified atom stereocenters. The van der Waals surface area contributed by atoms with E-state index >= 15 is 0 Å². The quantitative estimate of drug-likeness (QED) is 0.808. The van der Waals surface area contributed by atoms with Crippen molar-refractivity contribution in [3.63, 3.8) is 0 Å². The Balaban J connectivity index is 1.98. The number of halogens is 1. The lowest BCUT2D eigenvalue weighted by atomic mass is 10.1. The predicted octanol–water partition coefficient (Wildman–Crippen LogP) is 3.37. The van der Waals surface area contributed by atoms with Gasteiger partial charge in [-0.25, -0.2) is 9.18 Å². The summed E-state index contributed by atoms with van der Waals surface area (Å²) in [6.07, 6.45) is 0. The molecule has 2 rings (SSSR count). The van der Waals surface area contributed by atoms with E-state index in [1.165, 1.54) is 24.3 Å². The second-order valence-corrected chi connectivity index (χ2v) is 6.06. The zero-order valence-corrected chi connectivity index (χ0v) is 14.2. The normalized spacial score (nSPS) is 10.9. The van der Waals surface area contributed by atoms with Gasteiger partial charge >= 0.3 is 5.97 Å². The highest BCUT2D eigenvalue weighted by Gasteiger charge is 2.15. The van der Waals surface area contributed by atoms with Crippen molar-refractivity contribution in [2.45, 2.75) is 26.4 Å². The second kappa shape index (κ2) is 8.39. The van der Waals surface area contributed by atoms with Gasteiger partial charge in [-0.15, -0.1) is 0 Å². The predicted molar refractivity (Wildman–Crippen MR) is 94.0 cm³/mol. The second-order valence-electron chi connectivity index (χ2n) is 6.06. The van der Waals surface area contributed by atoms with E-state index in [0.717, 1.165) is 5.56 Å². The lowest BCUT2D eigenvalue weighted by molar-refractivity contribution is -0.117. The van der Waals surface area contributed by atoms with Gasteiger partial charge in [0.15, 0.2) is 0 Å². The highest BCUT2D eigenvalue weighted by Crippen LogP contribution is 2.12. The topological polar surface area (TPSA) is 69.6 Å². The van der Waals surface area contributed by atoms with Crippen LogP contribution in [0.5, 0.6) is 0 Å². The third kappa shape index (κ3) is 5.69. The maximum Gasteiger partial charge on any atom is 0.335 e. The Morgan fingerprint density at radius 2 is 1.68 bits per heavy atom. The van der Waals surface area contributed by atoms with Gasteiger partial charge in [0.05, 0.1) is 12.1 Å². The van der Waals surface area contributed by atoms with Crippen LogP contribution < -0.4 is 5.32 Å². The molecule has 0 aliphatic carbocycles. The third-order valence-corrected chi connectivity index (χ3v) is 3.79. The van der Waals surface area contributed by atoms with Crippen LogP contribution in [0.15, 0.2) is 48.5 Å². The fraction of sp³-hybridized carbons (Fsp3) is 0.263. The molecule has 2 aromatic carbocycles. The number of aromatic carboxylic acids is 1. The molecule has 6 heteroatoms. The molecule has 1 amide bonds. The number of carbonyl (C=O) groups is 2.